The van der Waals surface area contributed by atoms with E-state index in [9.17, 15) is 22.4 Å². The van der Waals surface area contributed by atoms with Crippen LogP contribution < -0.4 is 4.74 Å². The number of carbonyl (C=O) groups excluding carboxylic acids is 1. The van der Waals surface area contributed by atoms with Crippen molar-refractivity contribution in [2.75, 3.05) is 6.54 Å². The maximum Gasteiger partial charge on any atom is 0.333 e. The van der Waals surface area contributed by atoms with Gasteiger partial charge in [0.1, 0.15) is 17.9 Å². The third-order valence-corrected chi connectivity index (χ3v) is 6.37. The first-order valence-electron chi connectivity index (χ1n) is 11.0. The lowest BCUT2D eigenvalue weighted by molar-refractivity contribution is 0.00601. The number of ether oxygens (including phenoxy) is 1. The molecule has 36 heavy (non-hydrogen) atoms. The minimum absolute atomic E-state index is 0.0963. The van der Waals surface area contributed by atoms with Gasteiger partial charge in [-0.05, 0) is 6.07 Å². The minimum atomic E-state index is -2.86. The summed E-state index contributed by atoms with van der Waals surface area (Å²) >= 11 is 0. The lowest BCUT2D eigenvalue weighted by Gasteiger charge is -2.38. The van der Waals surface area contributed by atoms with Crippen LogP contribution in [0.25, 0.3) is 11.5 Å². The molecule has 5 heterocycles. The number of H-pyrrole nitrogens is 1. The van der Waals surface area contributed by atoms with Gasteiger partial charge < -0.3 is 19.0 Å². The van der Waals surface area contributed by atoms with Crippen molar-refractivity contribution in [1.29, 1.82) is 0 Å². The normalized spacial score (nSPS) is 21.1. The number of amides is 1. The van der Waals surface area contributed by atoms with E-state index in [1.54, 1.807) is 24.3 Å². The second kappa shape index (κ2) is 8.46. The molecule has 3 atom stereocenters. The molecule has 3 aromatic heterocycles. The second-order valence-electron chi connectivity index (χ2n) is 8.34. The summed E-state index contributed by atoms with van der Waals surface area (Å²) in [6.07, 6.45) is 0.0459. The maximum atomic E-state index is 14.3. The predicted molar refractivity (Wildman–Crippen MR) is 112 cm³/mol. The van der Waals surface area contributed by atoms with Crippen molar-refractivity contribution in [3.05, 3.63) is 65.8 Å². The molecule has 0 spiro atoms. The van der Waals surface area contributed by atoms with Crippen molar-refractivity contribution in [3.8, 4) is 17.2 Å². The Morgan fingerprint density at radius 2 is 2.00 bits per heavy atom. The van der Waals surface area contributed by atoms with Crippen LogP contribution in [0.1, 0.15) is 46.1 Å². The average molecular weight is 503 g/mol. The number of alkyl halides is 4. The Morgan fingerprint density at radius 3 is 2.78 bits per heavy atom. The maximum absolute atomic E-state index is 14.3. The number of nitrogens with one attached hydrogen (secondary N) is 1. The SMILES string of the molecule is O=C(c1nnc(-c2cnn(C(F)F)c2)o1)N1CCc2[nH]cnc2[C@H]1C1Oc2ccccc2C1C(F)F. The summed E-state index contributed by atoms with van der Waals surface area (Å²) in [5.41, 5.74) is 1.57. The molecular weight excluding hydrogens is 486 g/mol. The Balaban J connectivity index is 1.35. The molecule has 186 valence electrons. The Labute approximate surface area is 199 Å². The molecule has 6 rings (SSSR count). The highest BCUT2D eigenvalue weighted by atomic mass is 19.3. The van der Waals surface area contributed by atoms with E-state index in [-0.39, 0.29) is 18.0 Å². The molecule has 0 bridgehead atoms. The third-order valence-electron chi connectivity index (χ3n) is 6.37. The fourth-order valence-corrected chi connectivity index (χ4v) is 4.77. The fraction of sp³-hybridized carbons (Fsp3) is 0.318. The number of fused-ring (bicyclic) bond motifs is 2. The van der Waals surface area contributed by atoms with Gasteiger partial charge in [0.05, 0.1) is 29.7 Å². The monoisotopic (exact) mass is 503 g/mol. The summed E-state index contributed by atoms with van der Waals surface area (Å²) in [5.74, 6) is -2.32. The van der Waals surface area contributed by atoms with Crippen molar-refractivity contribution >= 4 is 5.91 Å². The number of halogens is 4. The number of rotatable bonds is 5. The van der Waals surface area contributed by atoms with Crippen molar-refractivity contribution in [3.63, 3.8) is 0 Å². The van der Waals surface area contributed by atoms with E-state index in [1.165, 1.54) is 11.2 Å². The Morgan fingerprint density at radius 1 is 1.17 bits per heavy atom. The van der Waals surface area contributed by atoms with E-state index in [2.05, 4.69) is 25.3 Å². The molecule has 0 radical (unpaired) electrons. The van der Waals surface area contributed by atoms with Crippen molar-refractivity contribution < 1.29 is 31.5 Å². The lowest BCUT2D eigenvalue weighted by atomic mass is 9.87. The molecule has 10 nitrogen and oxygen atoms in total. The van der Waals surface area contributed by atoms with Crippen LogP contribution in [0, 0.1) is 0 Å². The number of hydrogen-bond acceptors (Lipinski definition) is 7. The second-order valence-corrected chi connectivity index (χ2v) is 8.34. The number of aromatic amines is 1. The highest BCUT2D eigenvalue weighted by Gasteiger charge is 2.51. The average Bonchev–Trinajstić information content (AvgIpc) is 3.66. The molecule has 1 N–H and O–H groups in total. The van der Waals surface area contributed by atoms with Gasteiger partial charge >= 0.3 is 18.3 Å². The lowest BCUT2D eigenvalue weighted by Crippen LogP contribution is -2.48. The Kier molecular flexibility index (Phi) is 5.23. The van der Waals surface area contributed by atoms with Gasteiger partial charge in [0.15, 0.2) is 0 Å². The van der Waals surface area contributed by atoms with Crippen LogP contribution in [0.4, 0.5) is 17.6 Å². The van der Waals surface area contributed by atoms with Crippen LogP contribution in [0.3, 0.4) is 0 Å². The zero-order valence-electron chi connectivity index (χ0n) is 18.3. The van der Waals surface area contributed by atoms with Crippen LogP contribution in [-0.2, 0) is 6.42 Å². The number of aromatic nitrogens is 6. The first-order valence-corrected chi connectivity index (χ1v) is 11.0. The highest BCUT2D eigenvalue weighted by Crippen LogP contribution is 2.48. The summed E-state index contributed by atoms with van der Waals surface area (Å²) in [6.45, 7) is -2.72. The number of benzene rings is 1. The zero-order chi connectivity index (χ0) is 25.0. The van der Waals surface area contributed by atoms with Gasteiger partial charge in [-0.1, -0.05) is 18.2 Å². The number of nitrogens with zero attached hydrogens (tertiary/aromatic N) is 6. The number of carbonyl (C=O) groups is 1. The summed E-state index contributed by atoms with van der Waals surface area (Å²) < 4.78 is 66.2. The molecule has 0 fully saturated rings. The van der Waals surface area contributed by atoms with E-state index >= 15 is 0 Å². The van der Waals surface area contributed by atoms with Gasteiger partial charge in [-0.3, -0.25) is 4.79 Å². The summed E-state index contributed by atoms with van der Waals surface area (Å²) in [6, 6.07) is 5.55. The van der Waals surface area contributed by atoms with Gasteiger partial charge in [-0.15, -0.1) is 10.2 Å². The van der Waals surface area contributed by atoms with Crippen LogP contribution in [0.5, 0.6) is 5.75 Å². The van der Waals surface area contributed by atoms with Crippen molar-refractivity contribution in [2.45, 2.75) is 37.5 Å². The Bertz CT molecular complexity index is 1420. The molecule has 1 aromatic carbocycles. The quantitative estimate of drug-likeness (QED) is 0.414. The molecule has 4 aromatic rings. The van der Waals surface area contributed by atoms with E-state index in [0.29, 0.717) is 33.8 Å². The van der Waals surface area contributed by atoms with Crippen LogP contribution in [-0.4, -0.2) is 59.8 Å². The summed E-state index contributed by atoms with van der Waals surface area (Å²) in [5, 5.41) is 11.1. The molecule has 2 aliphatic rings. The first kappa shape index (κ1) is 22.2. The molecule has 14 heteroatoms. The molecule has 0 saturated heterocycles. The first-order chi connectivity index (χ1) is 17.4. The molecule has 2 aliphatic heterocycles. The van der Waals surface area contributed by atoms with Crippen LogP contribution >= 0.6 is 0 Å². The standard InChI is InChI=1S/C22H17F4N7O3/c23-18(24)14-11-3-1-2-4-13(11)35-17(14)16-15-12(27-9-28-15)5-6-32(16)21(34)20-31-30-19(36-20)10-7-29-33(8-10)22(25)26/h1-4,7-9,14,16-18,22H,5-6H2,(H,27,28)/t14?,16-,17?/m0/s1. The van der Waals surface area contributed by atoms with Gasteiger partial charge in [0.25, 0.3) is 5.89 Å². The van der Waals surface area contributed by atoms with Crippen LogP contribution in [0.2, 0.25) is 0 Å². The van der Waals surface area contributed by atoms with Gasteiger partial charge in [0, 0.05) is 30.4 Å². The summed E-state index contributed by atoms with van der Waals surface area (Å²) in [7, 11) is 0. The van der Waals surface area contributed by atoms with E-state index in [4.69, 9.17) is 9.15 Å². The third kappa shape index (κ3) is 3.51. The van der Waals surface area contributed by atoms with Crippen molar-refractivity contribution in [2.24, 2.45) is 0 Å². The highest BCUT2D eigenvalue weighted by molar-refractivity contribution is 5.90. The van der Waals surface area contributed by atoms with E-state index in [1.807, 2.05) is 0 Å². The van der Waals surface area contributed by atoms with E-state index in [0.717, 1.165) is 12.4 Å². The molecule has 0 saturated carbocycles. The number of para-hydroxylation sites is 1. The topological polar surface area (TPSA) is 115 Å². The molecular formula is C22H17F4N7O3. The summed E-state index contributed by atoms with van der Waals surface area (Å²) in [4.78, 5) is 22.2. The van der Waals surface area contributed by atoms with Crippen molar-refractivity contribution in [1.82, 2.24) is 34.8 Å². The molecule has 2 unspecified atom stereocenters. The number of hydrogen-bond donors (Lipinski definition) is 1. The van der Waals surface area contributed by atoms with Crippen LogP contribution in [0.15, 0.2) is 47.4 Å². The fourth-order valence-electron chi connectivity index (χ4n) is 4.77. The largest absolute Gasteiger partial charge is 0.487 e. The van der Waals surface area contributed by atoms with Gasteiger partial charge in [0.2, 0.25) is 6.43 Å². The number of imidazole rings is 1. The zero-order valence-corrected chi connectivity index (χ0v) is 18.3. The van der Waals surface area contributed by atoms with Gasteiger partial charge in [-0.2, -0.15) is 13.9 Å². The van der Waals surface area contributed by atoms with E-state index < -0.39 is 42.8 Å². The predicted octanol–water partition coefficient (Wildman–Crippen LogP) is 3.60. The molecule has 1 amide bonds. The van der Waals surface area contributed by atoms with Gasteiger partial charge in [-0.25, -0.2) is 18.4 Å². The molecule has 0 aliphatic carbocycles. The minimum Gasteiger partial charge on any atom is -0.487 e. The smallest absolute Gasteiger partial charge is 0.333 e. The Hall–Kier alpha value is -4.23.